The van der Waals surface area contributed by atoms with Gasteiger partial charge in [-0.15, -0.1) is 0 Å². The summed E-state index contributed by atoms with van der Waals surface area (Å²) in [6.07, 6.45) is 3.75. The third kappa shape index (κ3) is 1.55. The Morgan fingerprint density at radius 1 is 1.44 bits per heavy atom. The topological polar surface area (TPSA) is 52.6 Å². The van der Waals surface area contributed by atoms with Crippen LogP contribution in [0.5, 0.6) is 0 Å². The largest absolute Gasteiger partial charge is 0.386 e. The molecule has 4 heteroatoms. The second-order valence-corrected chi connectivity index (χ2v) is 5.93. The maximum Gasteiger partial charge on any atom is 0.240 e. The summed E-state index contributed by atoms with van der Waals surface area (Å²) in [5.41, 5.74) is -0.649. The highest BCUT2D eigenvalue weighted by Gasteiger charge is 2.47. The van der Waals surface area contributed by atoms with E-state index in [1.54, 1.807) is 11.8 Å². The van der Waals surface area contributed by atoms with Gasteiger partial charge in [-0.2, -0.15) is 0 Å². The summed E-state index contributed by atoms with van der Waals surface area (Å²) in [6, 6.07) is 0.0311. The molecule has 0 radical (unpaired) electrons. The van der Waals surface area contributed by atoms with E-state index in [1.807, 2.05) is 0 Å². The zero-order chi connectivity index (χ0) is 11.3. The van der Waals surface area contributed by atoms with Gasteiger partial charge in [0.2, 0.25) is 5.91 Å². The molecule has 2 heterocycles. The van der Waals surface area contributed by atoms with Gasteiger partial charge in [0.1, 0.15) is 0 Å². The summed E-state index contributed by atoms with van der Waals surface area (Å²) in [5.74, 6) is 1.48. The number of fused-ring (bicyclic) bond motifs is 1. The molecule has 2 N–H and O–H groups in total. The number of rotatable bonds is 1. The lowest BCUT2D eigenvalue weighted by Gasteiger charge is -2.45. The highest BCUT2D eigenvalue weighted by Crippen LogP contribution is 2.38. The molecule has 1 aliphatic carbocycles. The zero-order valence-electron chi connectivity index (χ0n) is 9.78. The monoisotopic (exact) mass is 224 g/mol. The third-order valence-electron chi connectivity index (χ3n) is 4.39. The van der Waals surface area contributed by atoms with Gasteiger partial charge in [0.25, 0.3) is 0 Å². The number of β-amino-alcohol motifs (C(OH)–C–C–N with tert-alkyl or cyclic N) is 1. The number of likely N-dealkylation sites (tertiary alicyclic amines) is 1. The van der Waals surface area contributed by atoms with Crippen LogP contribution in [0.4, 0.5) is 0 Å². The number of amides is 1. The van der Waals surface area contributed by atoms with Crippen LogP contribution in [-0.2, 0) is 4.79 Å². The average Bonchev–Trinajstić information content (AvgIpc) is 2.73. The van der Waals surface area contributed by atoms with Crippen molar-refractivity contribution in [3.63, 3.8) is 0 Å². The fourth-order valence-electron chi connectivity index (χ4n) is 3.59. The third-order valence-corrected chi connectivity index (χ3v) is 4.39. The molecule has 4 nitrogen and oxygen atoms in total. The molecule has 16 heavy (non-hydrogen) atoms. The summed E-state index contributed by atoms with van der Waals surface area (Å²) < 4.78 is 0. The quantitative estimate of drug-likeness (QED) is 0.657. The first-order valence-electron chi connectivity index (χ1n) is 6.31. The number of aliphatic hydroxyl groups is 1. The number of hydrogen-bond acceptors (Lipinski definition) is 3. The predicted molar refractivity (Wildman–Crippen MR) is 59.8 cm³/mol. The highest BCUT2D eigenvalue weighted by molar-refractivity contribution is 5.83. The van der Waals surface area contributed by atoms with E-state index in [0.29, 0.717) is 19.0 Å². The summed E-state index contributed by atoms with van der Waals surface area (Å²) in [6.45, 7) is 3.80. The highest BCUT2D eigenvalue weighted by atomic mass is 16.3. The van der Waals surface area contributed by atoms with Gasteiger partial charge in [-0.05, 0) is 38.1 Å². The second kappa shape index (κ2) is 3.44. The minimum absolute atomic E-state index is 0.0311. The van der Waals surface area contributed by atoms with Crippen molar-refractivity contribution in [2.45, 2.75) is 37.8 Å². The molecule has 3 atom stereocenters. The van der Waals surface area contributed by atoms with E-state index in [-0.39, 0.29) is 11.9 Å². The Morgan fingerprint density at radius 2 is 2.19 bits per heavy atom. The number of carbonyl (C=O) groups is 1. The van der Waals surface area contributed by atoms with Crippen LogP contribution in [0.1, 0.15) is 26.2 Å². The molecule has 2 aliphatic heterocycles. The molecule has 0 aromatic rings. The first kappa shape index (κ1) is 10.5. The molecule has 3 unspecified atom stereocenters. The molecule has 90 valence electrons. The number of nitrogens with zero attached hydrogens (tertiary/aromatic N) is 1. The maximum atomic E-state index is 12.2. The van der Waals surface area contributed by atoms with E-state index in [2.05, 4.69) is 5.32 Å². The van der Waals surface area contributed by atoms with Crippen LogP contribution in [0.2, 0.25) is 0 Å². The first-order chi connectivity index (χ1) is 7.57. The zero-order valence-corrected chi connectivity index (χ0v) is 9.78. The smallest absolute Gasteiger partial charge is 0.240 e. The van der Waals surface area contributed by atoms with Crippen molar-refractivity contribution in [2.24, 2.45) is 11.8 Å². The van der Waals surface area contributed by atoms with Crippen LogP contribution < -0.4 is 5.32 Å². The molecule has 1 amide bonds. The SMILES string of the molecule is CC1(O)CN(C(=O)C2NCC3CCCC32)C1. The Morgan fingerprint density at radius 3 is 2.88 bits per heavy atom. The van der Waals surface area contributed by atoms with Crippen LogP contribution in [0.25, 0.3) is 0 Å². The molecule has 0 bridgehead atoms. The average molecular weight is 224 g/mol. The summed E-state index contributed by atoms with van der Waals surface area (Å²) in [7, 11) is 0. The van der Waals surface area contributed by atoms with E-state index in [1.165, 1.54) is 19.3 Å². The fourth-order valence-corrected chi connectivity index (χ4v) is 3.59. The molecule has 0 spiro atoms. The van der Waals surface area contributed by atoms with Gasteiger partial charge < -0.3 is 15.3 Å². The Labute approximate surface area is 96.0 Å². The molecule has 3 fully saturated rings. The van der Waals surface area contributed by atoms with E-state index in [4.69, 9.17) is 0 Å². The van der Waals surface area contributed by atoms with E-state index >= 15 is 0 Å². The van der Waals surface area contributed by atoms with Gasteiger partial charge in [-0.3, -0.25) is 4.79 Å². The van der Waals surface area contributed by atoms with Gasteiger partial charge in [0.05, 0.1) is 24.7 Å². The van der Waals surface area contributed by atoms with Crippen molar-refractivity contribution in [1.29, 1.82) is 0 Å². The lowest BCUT2D eigenvalue weighted by Crippen LogP contribution is -2.64. The molecular formula is C12H20N2O2. The van der Waals surface area contributed by atoms with Crippen LogP contribution in [0.15, 0.2) is 0 Å². The van der Waals surface area contributed by atoms with Gasteiger partial charge in [-0.25, -0.2) is 0 Å². The standard InChI is InChI=1S/C12H20N2O2/c1-12(16)6-14(7-12)11(15)10-9-4-2-3-8(9)5-13-10/h8-10,13,16H,2-7H2,1H3. The van der Waals surface area contributed by atoms with Crippen LogP contribution in [-0.4, -0.2) is 47.2 Å². The Hall–Kier alpha value is -0.610. The first-order valence-corrected chi connectivity index (χ1v) is 6.31. The number of nitrogens with one attached hydrogen (secondary N) is 1. The molecule has 0 aromatic carbocycles. The molecule has 1 saturated carbocycles. The number of hydrogen-bond donors (Lipinski definition) is 2. The van der Waals surface area contributed by atoms with Gasteiger partial charge in [0.15, 0.2) is 0 Å². The minimum atomic E-state index is -0.649. The van der Waals surface area contributed by atoms with Crippen molar-refractivity contribution in [3.05, 3.63) is 0 Å². The molecular weight excluding hydrogens is 204 g/mol. The van der Waals surface area contributed by atoms with Crippen LogP contribution in [0.3, 0.4) is 0 Å². The minimum Gasteiger partial charge on any atom is -0.386 e. The van der Waals surface area contributed by atoms with Crippen molar-refractivity contribution < 1.29 is 9.90 Å². The van der Waals surface area contributed by atoms with Crippen molar-refractivity contribution >= 4 is 5.91 Å². The second-order valence-electron chi connectivity index (χ2n) is 5.93. The van der Waals surface area contributed by atoms with E-state index in [0.717, 1.165) is 12.5 Å². The summed E-state index contributed by atoms with van der Waals surface area (Å²) in [5, 5.41) is 13.0. The molecule has 3 aliphatic rings. The normalized spacial score (nSPS) is 40.6. The lowest BCUT2D eigenvalue weighted by molar-refractivity contribution is -0.155. The van der Waals surface area contributed by atoms with Crippen molar-refractivity contribution in [1.82, 2.24) is 10.2 Å². The van der Waals surface area contributed by atoms with Crippen molar-refractivity contribution in [3.8, 4) is 0 Å². The van der Waals surface area contributed by atoms with Crippen molar-refractivity contribution in [2.75, 3.05) is 19.6 Å². The molecule has 2 saturated heterocycles. The van der Waals surface area contributed by atoms with Gasteiger partial charge in [0, 0.05) is 0 Å². The van der Waals surface area contributed by atoms with E-state index < -0.39 is 5.60 Å². The predicted octanol–water partition coefficient (Wildman–Crippen LogP) is -0.0323. The van der Waals surface area contributed by atoms with Crippen LogP contribution >= 0.6 is 0 Å². The fraction of sp³-hybridized carbons (Fsp3) is 0.917. The Kier molecular flexibility index (Phi) is 2.27. The van der Waals surface area contributed by atoms with Crippen LogP contribution in [0, 0.1) is 11.8 Å². The van der Waals surface area contributed by atoms with Gasteiger partial charge in [-0.1, -0.05) is 6.42 Å². The maximum absolute atomic E-state index is 12.2. The lowest BCUT2D eigenvalue weighted by atomic mass is 9.90. The summed E-state index contributed by atoms with van der Waals surface area (Å²) in [4.78, 5) is 14.0. The van der Waals surface area contributed by atoms with Gasteiger partial charge >= 0.3 is 0 Å². The molecule has 3 rings (SSSR count). The Balaban J connectivity index is 1.63. The molecule has 0 aromatic heterocycles. The summed E-state index contributed by atoms with van der Waals surface area (Å²) >= 11 is 0. The Bertz CT molecular complexity index is 308. The number of carbonyl (C=O) groups excluding carboxylic acids is 1. The van der Waals surface area contributed by atoms with E-state index in [9.17, 15) is 9.90 Å².